The van der Waals surface area contributed by atoms with E-state index in [1.165, 1.54) is 5.57 Å². The number of hydrogen-bond donors (Lipinski definition) is 2. The first-order valence-corrected chi connectivity index (χ1v) is 10.8. The minimum Gasteiger partial charge on any atom is -0.443 e. The van der Waals surface area contributed by atoms with Crippen LogP contribution in [0, 0.1) is 11.8 Å². The van der Waals surface area contributed by atoms with Gasteiger partial charge in [0.2, 0.25) is 5.91 Å². The van der Waals surface area contributed by atoms with Crippen LogP contribution in [0.5, 0.6) is 0 Å². The van der Waals surface area contributed by atoms with Crippen LogP contribution in [0.3, 0.4) is 0 Å². The molecule has 2 aliphatic heterocycles. The number of amides is 2. The summed E-state index contributed by atoms with van der Waals surface area (Å²) in [5, 5.41) is 2.59. The summed E-state index contributed by atoms with van der Waals surface area (Å²) in [7, 11) is 1.63. The first kappa shape index (κ1) is 23.0. The van der Waals surface area contributed by atoms with Crippen molar-refractivity contribution in [3.05, 3.63) is 11.6 Å². The number of carbonyl (C=O) groups is 2. The van der Waals surface area contributed by atoms with Crippen LogP contribution in [0.25, 0.3) is 0 Å². The maximum atomic E-state index is 12.5. The van der Waals surface area contributed by atoms with Crippen LogP contribution < -0.4 is 11.1 Å². The van der Waals surface area contributed by atoms with Gasteiger partial charge in [0.15, 0.2) is 0 Å². The quantitative estimate of drug-likeness (QED) is 0.456. The Balaban J connectivity index is 1.71. The summed E-state index contributed by atoms with van der Waals surface area (Å²) in [6.45, 7) is 10.5. The molecule has 8 heteroatoms. The van der Waals surface area contributed by atoms with E-state index < -0.39 is 29.7 Å². The minimum atomic E-state index is -0.784. The number of ether oxygens (including phenoxy) is 4. The van der Waals surface area contributed by atoms with Gasteiger partial charge in [0.05, 0.1) is 18.6 Å². The Labute approximate surface area is 178 Å². The number of epoxide rings is 2. The second-order valence-electron chi connectivity index (χ2n) is 9.59. The van der Waals surface area contributed by atoms with Crippen LogP contribution in [0.4, 0.5) is 4.79 Å². The summed E-state index contributed by atoms with van der Waals surface area (Å²) in [6, 6.07) is -0.784. The van der Waals surface area contributed by atoms with E-state index in [-0.39, 0.29) is 29.6 Å². The molecular formula is C22H36N2O6. The largest absolute Gasteiger partial charge is 0.443 e. The second kappa shape index (κ2) is 8.48. The van der Waals surface area contributed by atoms with Gasteiger partial charge in [-0.1, -0.05) is 25.5 Å². The number of allylic oxidation sites excluding steroid dienone is 1. The highest BCUT2D eigenvalue weighted by molar-refractivity contribution is 5.84. The monoisotopic (exact) mass is 424 g/mol. The van der Waals surface area contributed by atoms with Crippen LogP contribution >= 0.6 is 0 Å². The normalized spacial score (nSPS) is 38.1. The summed E-state index contributed by atoms with van der Waals surface area (Å²) in [5.41, 5.74) is 5.98. The second-order valence-corrected chi connectivity index (χ2v) is 9.59. The van der Waals surface area contributed by atoms with E-state index in [0.717, 1.165) is 12.8 Å². The van der Waals surface area contributed by atoms with Crippen LogP contribution in [0.1, 0.15) is 53.9 Å². The van der Waals surface area contributed by atoms with Crippen molar-refractivity contribution in [1.29, 1.82) is 0 Å². The molecule has 1 spiro atoms. The van der Waals surface area contributed by atoms with Gasteiger partial charge < -0.3 is 30.0 Å². The fraction of sp³-hybridized carbons (Fsp3) is 0.818. The lowest BCUT2D eigenvalue weighted by atomic mass is 9.68. The van der Waals surface area contributed by atoms with Gasteiger partial charge in [-0.05, 0) is 46.0 Å². The van der Waals surface area contributed by atoms with Crippen molar-refractivity contribution >= 4 is 12.0 Å². The van der Waals surface area contributed by atoms with Crippen molar-refractivity contribution in [1.82, 2.24) is 5.32 Å². The highest BCUT2D eigenvalue weighted by Crippen LogP contribution is 2.59. The summed E-state index contributed by atoms with van der Waals surface area (Å²) < 4.78 is 23.7. The van der Waals surface area contributed by atoms with Gasteiger partial charge >= 0.3 is 6.09 Å². The molecule has 2 saturated heterocycles. The van der Waals surface area contributed by atoms with E-state index in [1.807, 2.05) is 13.8 Å². The Morgan fingerprint density at radius 3 is 2.50 bits per heavy atom. The van der Waals surface area contributed by atoms with Crippen molar-refractivity contribution in [3.63, 3.8) is 0 Å². The van der Waals surface area contributed by atoms with E-state index in [1.54, 1.807) is 7.11 Å². The molecule has 7 atom stereocenters. The van der Waals surface area contributed by atoms with Gasteiger partial charge in [-0.25, -0.2) is 4.79 Å². The van der Waals surface area contributed by atoms with Crippen molar-refractivity contribution in [2.24, 2.45) is 17.6 Å². The van der Waals surface area contributed by atoms with E-state index in [2.05, 4.69) is 32.2 Å². The number of methoxy groups -OCH3 is 1. The van der Waals surface area contributed by atoms with Gasteiger partial charge in [0.1, 0.15) is 29.5 Å². The van der Waals surface area contributed by atoms with Gasteiger partial charge in [0, 0.05) is 7.11 Å². The molecule has 3 N–H and O–H groups in total. The number of rotatable bonds is 8. The van der Waals surface area contributed by atoms with Crippen LogP contribution in [-0.4, -0.2) is 61.3 Å². The molecule has 0 aromatic carbocycles. The summed E-state index contributed by atoms with van der Waals surface area (Å²) in [5.74, 6) is -0.766. The Morgan fingerprint density at radius 1 is 1.33 bits per heavy atom. The Hall–Kier alpha value is -1.64. The first-order valence-electron chi connectivity index (χ1n) is 10.8. The number of primary amides is 1. The van der Waals surface area contributed by atoms with Gasteiger partial charge in [-0.3, -0.25) is 4.79 Å². The van der Waals surface area contributed by atoms with Crippen molar-refractivity contribution in [3.8, 4) is 0 Å². The topological polar surface area (TPSA) is 116 Å². The highest BCUT2D eigenvalue weighted by atomic mass is 16.6. The number of alkyl carbamates (subject to hydrolysis) is 1. The molecule has 1 aliphatic carbocycles. The lowest BCUT2D eigenvalue weighted by Gasteiger charge is -2.42. The lowest BCUT2D eigenvalue weighted by Crippen LogP contribution is -2.57. The van der Waals surface area contributed by atoms with Crippen LogP contribution in [0.2, 0.25) is 0 Å². The molecule has 0 bridgehead atoms. The van der Waals surface area contributed by atoms with Crippen LogP contribution in [-0.2, 0) is 23.7 Å². The molecule has 30 heavy (non-hydrogen) atoms. The smallest absolute Gasteiger partial charge is 0.408 e. The predicted molar refractivity (Wildman–Crippen MR) is 111 cm³/mol. The Kier molecular flexibility index (Phi) is 6.51. The minimum absolute atomic E-state index is 0.0471. The average molecular weight is 425 g/mol. The molecule has 0 unspecified atom stereocenters. The molecule has 1 saturated carbocycles. The molecule has 170 valence electrons. The fourth-order valence-electron chi connectivity index (χ4n) is 4.94. The molecule has 0 aromatic rings. The number of nitrogens with two attached hydrogens (primary N) is 1. The standard InChI is InChI=1S/C22H36N2O6/c1-12(2)7-8-15-21(5,30-15)18-17(27-6)14(9-10-22(18)11-28-22)29-20(26)24-16(13(3)4)19(23)25/h7,13-18H,8-11H2,1-6H3,(H2,23,25)(H,24,26)/t14-,15+,16-,17-,18-,21-,22+/m1/s1. The van der Waals surface area contributed by atoms with Crippen LogP contribution in [0.15, 0.2) is 11.6 Å². The Bertz CT molecular complexity index is 700. The van der Waals surface area contributed by atoms with E-state index in [0.29, 0.717) is 13.0 Å². The molecule has 3 fully saturated rings. The van der Waals surface area contributed by atoms with E-state index in [9.17, 15) is 9.59 Å². The molecule has 0 radical (unpaired) electrons. The zero-order valence-corrected chi connectivity index (χ0v) is 18.9. The van der Waals surface area contributed by atoms with Gasteiger partial charge in [0.25, 0.3) is 0 Å². The third-order valence-corrected chi connectivity index (χ3v) is 6.74. The molecular weight excluding hydrogens is 388 g/mol. The zero-order valence-electron chi connectivity index (χ0n) is 18.9. The van der Waals surface area contributed by atoms with Crippen molar-refractivity contribution in [2.75, 3.05) is 13.7 Å². The lowest BCUT2D eigenvalue weighted by molar-refractivity contribution is -0.123. The molecule has 2 heterocycles. The Morgan fingerprint density at radius 2 is 2.00 bits per heavy atom. The maximum absolute atomic E-state index is 12.5. The summed E-state index contributed by atoms with van der Waals surface area (Å²) in [4.78, 5) is 24.1. The van der Waals surface area contributed by atoms with Gasteiger partial charge in [-0.2, -0.15) is 0 Å². The molecule has 3 aliphatic rings. The molecule has 0 aromatic heterocycles. The number of hydrogen-bond acceptors (Lipinski definition) is 6. The van der Waals surface area contributed by atoms with Gasteiger partial charge in [-0.15, -0.1) is 0 Å². The summed E-state index contributed by atoms with van der Waals surface area (Å²) in [6.07, 6.45) is 3.02. The third kappa shape index (κ3) is 4.50. The molecule has 2 amide bonds. The summed E-state index contributed by atoms with van der Waals surface area (Å²) >= 11 is 0. The van der Waals surface area contributed by atoms with E-state index in [4.69, 9.17) is 24.7 Å². The third-order valence-electron chi connectivity index (χ3n) is 6.74. The van der Waals surface area contributed by atoms with E-state index >= 15 is 0 Å². The predicted octanol–water partition coefficient (Wildman–Crippen LogP) is 2.30. The van der Waals surface area contributed by atoms with Crippen molar-refractivity contribution < 1.29 is 28.5 Å². The number of carbonyl (C=O) groups excluding carboxylic acids is 2. The average Bonchev–Trinajstić information content (AvgIpc) is 3.56. The molecule has 8 nitrogen and oxygen atoms in total. The highest BCUT2D eigenvalue weighted by Gasteiger charge is 2.72. The SMILES string of the molecule is CO[C@@H]1[C@H](OC(=O)N[C@@H](C(N)=O)C(C)C)CC[C@]2(CO2)[C@H]1[C@]1(C)O[C@H]1CC=C(C)C. The number of nitrogens with one attached hydrogen (secondary N) is 1. The maximum Gasteiger partial charge on any atom is 0.408 e. The first-order chi connectivity index (χ1) is 14.0. The zero-order chi connectivity index (χ0) is 22.3. The fourth-order valence-corrected chi connectivity index (χ4v) is 4.94. The molecule has 3 rings (SSSR count). The van der Waals surface area contributed by atoms with Crippen molar-refractivity contribution in [2.45, 2.75) is 89.4 Å².